The number of nitrogens with one attached hydrogen (secondary N) is 2. The second kappa shape index (κ2) is 8.66. The van der Waals surface area contributed by atoms with Gasteiger partial charge in [-0.2, -0.15) is 0 Å². The average molecular weight is 368 g/mol. The molecule has 0 aromatic heterocycles. The van der Waals surface area contributed by atoms with Crippen molar-refractivity contribution in [2.75, 3.05) is 6.61 Å². The van der Waals surface area contributed by atoms with E-state index >= 15 is 0 Å². The van der Waals surface area contributed by atoms with Crippen LogP contribution in [0.3, 0.4) is 0 Å². The van der Waals surface area contributed by atoms with Gasteiger partial charge in [-0.1, -0.05) is 56.2 Å². The van der Waals surface area contributed by atoms with Crippen LogP contribution in [0.1, 0.15) is 43.0 Å². The van der Waals surface area contributed by atoms with E-state index in [-0.39, 0.29) is 6.04 Å². The lowest BCUT2D eigenvalue weighted by Gasteiger charge is -2.29. The number of imide groups is 1. The molecule has 0 heterocycles. The van der Waals surface area contributed by atoms with E-state index in [1.807, 2.05) is 30.3 Å². The molecule has 1 saturated carbocycles. The van der Waals surface area contributed by atoms with Crippen LogP contribution in [0.15, 0.2) is 42.5 Å². The summed E-state index contributed by atoms with van der Waals surface area (Å²) in [7, 11) is 0. The summed E-state index contributed by atoms with van der Waals surface area (Å²) in [6.07, 6.45) is 4.23. The van der Waals surface area contributed by atoms with Crippen LogP contribution in [0.25, 0.3) is 10.8 Å². The molecule has 142 valence electrons. The third kappa shape index (κ3) is 4.84. The summed E-state index contributed by atoms with van der Waals surface area (Å²) in [4.78, 5) is 36.2. The monoisotopic (exact) mass is 368 g/mol. The molecule has 3 amide bonds. The molecule has 0 spiro atoms. The zero-order chi connectivity index (χ0) is 19.2. The fraction of sp³-hybridized carbons (Fsp3) is 0.381. The molecular formula is C21H24N2O4. The Hall–Kier alpha value is -2.89. The third-order valence-electron chi connectivity index (χ3n) is 5.02. The maximum Gasteiger partial charge on any atom is 0.339 e. The van der Waals surface area contributed by atoms with Gasteiger partial charge in [-0.15, -0.1) is 0 Å². The highest BCUT2D eigenvalue weighted by molar-refractivity contribution is 6.05. The number of esters is 1. The van der Waals surface area contributed by atoms with Gasteiger partial charge in [-0.25, -0.2) is 9.59 Å². The Morgan fingerprint density at radius 2 is 1.78 bits per heavy atom. The molecule has 2 atom stereocenters. The first-order valence-electron chi connectivity index (χ1n) is 9.30. The van der Waals surface area contributed by atoms with E-state index in [1.165, 1.54) is 6.42 Å². The van der Waals surface area contributed by atoms with E-state index in [0.29, 0.717) is 11.5 Å². The molecule has 2 N–H and O–H groups in total. The molecule has 0 bridgehead atoms. The number of fused-ring (bicyclic) bond motifs is 1. The Bertz CT molecular complexity index is 844. The molecule has 1 aliphatic rings. The van der Waals surface area contributed by atoms with Gasteiger partial charge in [-0.3, -0.25) is 10.1 Å². The van der Waals surface area contributed by atoms with Crippen molar-refractivity contribution >= 4 is 28.7 Å². The summed E-state index contributed by atoms with van der Waals surface area (Å²) in [5, 5.41) is 6.73. The molecule has 0 saturated heterocycles. The van der Waals surface area contributed by atoms with E-state index in [2.05, 4.69) is 17.6 Å². The maximum atomic E-state index is 12.3. The highest BCUT2D eigenvalue weighted by atomic mass is 16.5. The predicted molar refractivity (Wildman–Crippen MR) is 102 cm³/mol. The fourth-order valence-corrected chi connectivity index (χ4v) is 3.51. The summed E-state index contributed by atoms with van der Waals surface area (Å²) < 4.78 is 5.08. The molecule has 1 fully saturated rings. The number of benzene rings is 2. The lowest BCUT2D eigenvalue weighted by atomic mass is 9.86. The van der Waals surface area contributed by atoms with Gasteiger partial charge < -0.3 is 10.1 Å². The zero-order valence-electron chi connectivity index (χ0n) is 15.4. The second-order valence-electron chi connectivity index (χ2n) is 6.99. The first kappa shape index (κ1) is 18.9. The van der Waals surface area contributed by atoms with Gasteiger partial charge in [0.1, 0.15) is 0 Å². The molecular weight excluding hydrogens is 344 g/mol. The van der Waals surface area contributed by atoms with Crippen molar-refractivity contribution in [2.45, 2.75) is 38.6 Å². The molecule has 2 aromatic rings. The Balaban J connectivity index is 1.51. The number of rotatable bonds is 4. The summed E-state index contributed by atoms with van der Waals surface area (Å²) in [5.74, 6) is -0.850. The van der Waals surface area contributed by atoms with Gasteiger partial charge in [0.05, 0.1) is 5.56 Å². The lowest BCUT2D eigenvalue weighted by molar-refractivity contribution is -0.123. The van der Waals surface area contributed by atoms with Crippen molar-refractivity contribution in [3.05, 3.63) is 48.0 Å². The normalized spacial score (nSPS) is 19.3. The van der Waals surface area contributed by atoms with Crippen LogP contribution >= 0.6 is 0 Å². The Morgan fingerprint density at radius 3 is 2.59 bits per heavy atom. The van der Waals surface area contributed by atoms with Gasteiger partial charge in [-0.05, 0) is 35.6 Å². The third-order valence-corrected chi connectivity index (χ3v) is 5.02. The van der Waals surface area contributed by atoms with Crippen molar-refractivity contribution in [3.63, 3.8) is 0 Å². The van der Waals surface area contributed by atoms with Gasteiger partial charge in [0, 0.05) is 6.04 Å². The summed E-state index contributed by atoms with van der Waals surface area (Å²) >= 11 is 0. The molecule has 0 radical (unpaired) electrons. The molecule has 3 rings (SSSR count). The SMILES string of the molecule is C[C@@H]1CCCC[C@H]1NC(=O)NC(=O)COC(=O)c1cccc2ccccc12. The molecule has 1 aliphatic carbocycles. The van der Waals surface area contributed by atoms with Crippen molar-refractivity contribution in [1.82, 2.24) is 10.6 Å². The molecule has 2 aromatic carbocycles. The largest absolute Gasteiger partial charge is 0.452 e. The number of ether oxygens (including phenoxy) is 1. The van der Waals surface area contributed by atoms with E-state index in [4.69, 9.17) is 4.74 Å². The maximum absolute atomic E-state index is 12.3. The van der Waals surface area contributed by atoms with Crippen LogP contribution < -0.4 is 10.6 Å². The standard InChI is InChI=1S/C21H24N2O4/c1-14-7-2-5-12-18(14)22-21(26)23-19(24)13-27-20(25)17-11-6-9-15-8-3-4-10-16(15)17/h3-4,6,8-11,14,18H,2,5,7,12-13H2,1H3,(H2,22,23,24,26)/t14-,18-/m1/s1. The van der Waals surface area contributed by atoms with Gasteiger partial charge in [0.2, 0.25) is 0 Å². The Morgan fingerprint density at radius 1 is 1.04 bits per heavy atom. The molecule has 6 nitrogen and oxygen atoms in total. The Kier molecular flexibility index (Phi) is 6.06. The molecule has 6 heteroatoms. The minimum atomic E-state index is -0.649. The lowest BCUT2D eigenvalue weighted by Crippen LogP contribution is -2.48. The first-order valence-corrected chi connectivity index (χ1v) is 9.30. The van der Waals surface area contributed by atoms with Crippen LogP contribution in [-0.4, -0.2) is 30.6 Å². The van der Waals surface area contributed by atoms with E-state index in [0.717, 1.165) is 30.0 Å². The van der Waals surface area contributed by atoms with Crippen molar-refractivity contribution in [3.8, 4) is 0 Å². The first-order chi connectivity index (χ1) is 13.0. The van der Waals surface area contributed by atoms with E-state index in [9.17, 15) is 14.4 Å². The van der Waals surface area contributed by atoms with Crippen molar-refractivity contribution in [1.29, 1.82) is 0 Å². The number of hydrogen-bond acceptors (Lipinski definition) is 4. The summed E-state index contributed by atoms with van der Waals surface area (Å²) in [5.41, 5.74) is 0.390. The molecule has 0 unspecified atom stereocenters. The number of hydrogen-bond donors (Lipinski definition) is 2. The van der Waals surface area contributed by atoms with E-state index < -0.39 is 24.5 Å². The smallest absolute Gasteiger partial charge is 0.339 e. The highest BCUT2D eigenvalue weighted by Gasteiger charge is 2.23. The van der Waals surface area contributed by atoms with Gasteiger partial charge in [0.25, 0.3) is 5.91 Å². The summed E-state index contributed by atoms with van der Waals surface area (Å²) in [6.45, 7) is 1.59. The fourth-order valence-electron chi connectivity index (χ4n) is 3.51. The van der Waals surface area contributed by atoms with Crippen LogP contribution in [0.4, 0.5) is 4.79 Å². The quantitative estimate of drug-likeness (QED) is 0.810. The van der Waals surface area contributed by atoms with Crippen LogP contribution in [-0.2, 0) is 9.53 Å². The summed E-state index contributed by atoms with van der Waals surface area (Å²) in [6, 6.07) is 12.3. The van der Waals surface area contributed by atoms with Crippen LogP contribution in [0.2, 0.25) is 0 Å². The number of carbonyl (C=O) groups excluding carboxylic acids is 3. The Labute approximate surface area is 158 Å². The average Bonchev–Trinajstić information content (AvgIpc) is 2.67. The predicted octanol–water partition coefficient (Wildman–Crippen LogP) is 3.40. The van der Waals surface area contributed by atoms with Gasteiger partial charge >= 0.3 is 12.0 Å². The topological polar surface area (TPSA) is 84.5 Å². The minimum Gasteiger partial charge on any atom is -0.452 e. The highest BCUT2D eigenvalue weighted by Crippen LogP contribution is 2.23. The number of carbonyl (C=O) groups is 3. The van der Waals surface area contributed by atoms with Crippen molar-refractivity contribution < 1.29 is 19.1 Å². The number of urea groups is 1. The second-order valence-corrected chi connectivity index (χ2v) is 6.99. The number of amides is 3. The minimum absolute atomic E-state index is 0.0739. The molecule has 0 aliphatic heterocycles. The van der Waals surface area contributed by atoms with Crippen LogP contribution in [0.5, 0.6) is 0 Å². The zero-order valence-corrected chi connectivity index (χ0v) is 15.4. The van der Waals surface area contributed by atoms with Crippen LogP contribution in [0, 0.1) is 5.92 Å². The van der Waals surface area contributed by atoms with Crippen molar-refractivity contribution in [2.24, 2.45) is 5.92 Å². The molecule has 27 heavy (non-hydrogen) atoms. The van der Waals surface area contributed by atoms with E-state index in [1.54, 1.807) is 12.1 Å². The van der Waals surface area contributed by atoms with Gasteiger partial charge in [0.15, 0.2) is 6.61 Å².